The molecule has 0 saturated carbocycles. The summed E-state index contributed by atoms with van der Waals surface area (Å²) in [5.41, 5.74) is -0.460. The van der Waals surface area contributed by atoms with Crippen molar-refractivity contribution in [2.24, 2.45) is 5.92 Å². The molecule has 0 unspecified atom stereocenters. The number of alkyl halides is 4. The third-order valence-corrected chi connectivity index (χ3v) is 4.43. The first-order chi connectivity index (χ1) is 13.1. The lowest BCUT2D eigenvalue weighted by Gasteiger charge is -2.33. The number of hydrogen-bond donors (Lipinski definition) is 3. The molecular weight excluding hydrogens is 427 g/mol. The van der Waals surface area contributed by atoms with Crippen LogP contribution in [0.4, 0.5) is 27.6 Å². The van der Waals surface area contributed by atoms with E-state index in [4.69, 9.17) is 4.42 Å². The zero-order valence-corrected chi connectivity index (χ0v) is 15.8. The van der Waals surface area contributed by atoms with Gasteiger partial charge >= 0.3 is 12.1 Å². The number of anilines is 1. The van der Waals surface area contributed by atoms with E-state index in [1.54, 1.807) is 6.92 Å². The summed E-state index contributed by atoms with van der Waals surface area (Å²) in [6.45, 7) is 2.25. The van der Waals surface area contributed by atoms with E-state index in [-0.39, 0.29) is 36.1 Å². The fraction of sp³-hybridized carbons (Fsp3) is 0.500. The third kappa shape index (κ3) is 5.60. The Balaban J connectivity index is 0.00000300. The van der Waals surface area contributed by atoms with Crippen molar-refractivity contribution in [3.05, 3.63) is 28.5 Å². The fourth-order valence-corrected chi connectivity index (χ4v) is 3.15. The number of halogens is 6. The summed E-state index contributed by atoms with van der Waals surface area (Å²) in [4.78, 5) is 11.1. The normalized spacial score (nSPS) is 20.6. The van der Waals surface area contributed by atoms with Crippen LogP contribution in [0.25, 0.3) is 11.5 Å². The van der Waals surface area contributed by atoms with E-state index in [9.17, 15) is 26.7 Å². The SMILES string of the molecule is C[C@H](Nc1cc(-c2n[nH]c(=O)o2)cc(F)c1OC(F)(F)F)[C@H]1CCNC[C@H]1F.Cl. The molecule has 1 aromatic heterocycles. The number of ether oxygens (including phenoxy) is 1. The first-order valence-corrected chi connectivity index (χ1v) is 8.40. The van der Waals surface area contributed by atoms with E-state index in [0.717, 1.165) is 6.07 Å². The molecule has 1 saturated heterocycles. The van der Waals surface area contributed by atoms with Crippen LogP contribution in [0.1, 0.15) is 13.3 Å². The largest absolute Gasteiger partial charge is 0.573 e. The topological polar surface area (TPSA) is 92.2 Å². The molecule has 1 aliphatic rings. The van der Waals surface area contributed by atoms with Gasteiger partial charge in [0.05, 0.1) is 5.69 Å². The van der Waals surface area contributed by atoms with Crippen LogP contribution >= 0.6 is 12.4 Å². The number of rotatable bonds is 5. The molecule has 0 spiro atoms. The number of benzene rings is 1. The smallest absolute Gasteiger partial charge is 0.400 e. The van der Waals surface area contributed by atoms with Crippen molar-refractivity contribution in [3.8, 4) is 17.2 Å². The Morgan fingerprint density at radius 1 is 1.38 bits per heavy atom. The van der Waals surface area contributed by atoms with Crippen LogP contribution in [-0.2, 0) is 0 Å². The Morgan fingerprint density at radius 2 is 2.10 bits per heavy atom. The highest BCUT2D eigenvalue weighted by atomic mass is 35.5. The third-order valence-electron chi connectivity index (χ3n) is 4.43. The number of nitrogens with zero attached hydrogens (tertiary/aromatic N) is 1. The van der Waals surface area contributed by atoms with Crippen molar-refractivity contribution >= 4 is 18.1 Å². The number of aromatic nitrogens is 2. The summed E-state index contributed by atoms with van der Waals surface area (Å²) in [5, 5.41) is 11.1. The highest BCUT2D eigenvalue weighted by Gasteiger charge is 2.35. The first-order valence-electron chi connectivity index (χ1n) is 8.40. The molecule has 3 atom stereocenters. The Labute approximate surface area is 167 Å². The first kappa shape index (κ1) is 22.9. The standard InChI is InChI=1S/C16H17F5N4O3.ClH/c1-7(9-2-3-22-6-11(9)18)23-12-5-8(14-24-25-15(26)27-14)4-10(17)13(12)28-16(19,20)21;/h4-5,7,9,11,22-23H,2-3,6H2,1H3,(H,25,26);1H/t7-,9+,11+;/m0./s1. The maximum atomic E-state index is 14.4. The Bertz CT molecular complexity index is 888. The van der Waals surface area contributed by atoms with Gasteiger partial charge in [0, 0.05) is 24.1 Å². The van der Waals surface area contributed by atoms with Crippen molar-refractivity contribution in [3.63, 3.8) is 0 Å². The Hall–Kier alpha value is -2.34. The molecular formula is C16H18ClF5N4O3. The van der Waals surface area contributed by atoms with E-state index < -0.39 is 41.8 Å². The van der Waals surface area contributed by atoms with Gasteiger partial charge in [0.25, 0.3) is 0 Å². The summed E-state index contributed by atoms with van der Waals surface area (Å²) in [6.07, 6.45) is -5.92. The average molecular weight is 445 g/mol. The van der Waals surface area contributed by atoms with Gasteiger partial charge < -0.3 is 19.8 Å². The molecule has 1 aromatic carbocycles. The number of piperidine rings is 1. The second kappa shape index (κ2) is 8.99. The molecule has 162 valence electrons. The van der Waals surface area contributed by atoms with Gasteiger partial charge in [-0.1, -0.05) is 0 Å². The highest BCUT2D eigenvalue weighted by Crippen LogP contribution is 2.37. The second-order valence-corrected chi connectivity index (χ2v) is 6.41. The predicted molar refractivity (Wildman–Crippen MR) is 95.4 cm³/mol. The summed E-state index contributed by atoms with van der Waals surface area (Å²) < 4.78 is 75.2. The highest BCUT2D eigenvalue weighted by molar-refractivity contribution is 5.85. The molecule has 2 heterocycles. The molecule has 2 aromatic rings. The number of nitrogens with one attached hydrogen (secondary N) is 3. The van der Waals surface area contributed by atoms with Gasteiger partial charge in [0.1, 0.15) is 6.17 Å². The van der Waals surface area contributed by atoms with Crippen LogP contribution < -0.4 is 21.1 Å². The lowest BCUT2D eigenvalue weighted by molar-refractivity contribution is -0.275. The van der Waals surface area contributed by atoms with Crippen molar-refractivity contribution in [1.29, 1.82) is 0 Å². The zero-order chi connectivity index (χ0) is 20.5. The van der Waals surface area contributed by atoms with E-state index in [0.29, 0.717) is 19.0 Å². The molecule has 29 heavy (non-hydrogen) atoms. The van der Waals surface area contributed by atoms with E-state index in [1.807, 2.05) is 5.10 Å². The summed E-state index contributed by atoms with van der Waals surface area (Å²) in [7, 11) is 0. The molecule has 0 amide bonds. The van der Waals surface area contributed by atoms with E-state index in [1.165, 1.54) is 0 Å². The van der Waals surface area contributed by atoms with Crippen LogP contribution in [0.3, 0.4) is 0 Å². The van der Waals surface area contributed by atoms with Gasteiger partial charge in [-0.3, -0.25) is 0 Å². The van der Waals surface area contributed by atoms with Crippen LogP contribution in [0.2, 0.25) is 0 Å². The van der Waals surface area contributed by atoms with Crippen molar-refractivity contribution in [2.45, 2.75) is 31.9 Å². The number of aromatic amines is 1. The Kier molecular flexibility index (Phi) is 7.11. The van der Waals surface area contributed by atoms with Crippen molar-refractivity contribution in [2.75, 3.05) is 18.4 Å². The van der Waals surface area contributed by atoms with Crippen LogP contribution in [0.5, 0.6) is 5.75 Å². The summed E-state index contributed by atoms with van der Waals surface area (Å²) in [6, 6.07) is 1.15. The maximum Gasteiger partial charge on any atom is 0.573 e. The lowest BCUT2D eigenvalue weighted by Crippen LogP contribution is -2.44. The molecule has 0 radical (unpaired) electrons. The van der Waals surface area contributed by atoms with Gasteiger partial charge in [-0.15, -0.1) is 30.7 Å². The minimum atomic E-state index is -5.14. The molecule has 3 N–H and O–H groups in total. The van der Waals surface area contributed by atoms with Gasteiger partial charge in [0.2, 0.25) is 5.89 Å². The molecule has 3 rings (SSSR count). The van der Waals surface area contributed by atoms with E-state index in [2.05, 4.69) is 20.5 Å². The molecule has 1 aliphatic heterocycles. The number of hydrogen-bond acceptors (Lipinski definition) is 6. The summed E-state index contributed by atoms with van der Waals surface area (Å²) >= 11 is 0. The second-order valence-electron chi connectivity index (χ2n) is 6.41. The van der Waals surface area contributed by atoms with Gasteiger partial charge in [0.15, 0.2) is 11.6 Å². The monoisotopic (exact) mass is 444 g/mol. The van der Waals surface area contributed by atoms with Crippen LogP contribution in [0, 0.1) is 11.7 Å². The molecule has 0 bridgehead atoms. The molecule has 7 nitrogen and oxygen atoms in total. The fourth-order valence-electron chi connectivity index (χ4n) is 3.15. The van der Waals surface area contributed by atoms with Crippen LogP contribution in [0.15, 0.2) is 21.3 Å². The predicted octanol–water partition coefficient (Wildman–Crippen LogP) is 3.24. The number of H-pyrrole nitrogens is 1. The average Bonchev–Trinajstić information content (AvgIpc) is 3.03. The van der Waals surface area contributed by atoms with Crippen molar-refractivity contribution in [1.82, 2.24) is 15.5 Å². The molecule has 0 aliphatic carbocycles. The minimum Gasteiger partial charge on any atom is -0.400 e. The quantitative estimate of drug-likeness (QED) is 0.613. The summed E-state index contributed by atoms with van der Waals surface area (Å²) in [5.74, 6) is -4.18. The minimum absolute atomic E-state index is 0. The maximum absolute atomic E-state index is 14.4. The Morgan fingerprint density at radius 3 is 2.69 bits per heavy atom. The zero-order valence-electron chi connectivity index (χ0n) is 15.0. The lowest BCUT2D eigenvalue weighted by atomic mass is 9.89. The van der Waals surface area contributed by atoms with Gasteiger partial charge in [-0.05, 0) is 32.0 Å². The van der Waals surface area contributed by atoms with Gasteiger partial charge in [-0.25, -0.2) is 18.7 Å². The van der Waals surface area contributed by atoms with Gasteiger partial charge in [-0.2, -0.15) is 0 Å². The molecule has 13 heteroatoms. The van der Waals surface area contributed by atoms with E-state index >= 15 is 0 Å². The van der Waals surface area contributed by atoms with Crippen molar-refractivity contribution < 1.29 is 31.1 Å². The molecule has 1 fully saturated rings. The van der Waals surface area contributed by atoms with Crippen LogP contribution in [-0.4, -0.2) is 41.9 Å².